The molecule has 14 heavy (non-hydrogen) atoms. The number of esters is 1. The van der Waals surface area contributed by atoms with Gasteiger partial charge in [0.25, 0.3) is 0 Å². The van der Waals surface area contributed by atoms with Crippen LogP contribution >= 0.6 is 0 Å². The molecule has 0 N–H and O–H groups in total. The van der Waals surface area contributed by atoms with Crippen LogP contribution in [0.2, 0.25) is 0 Å². The van der Waals surface area contributed by atoms with Crippen molar-refractivity contribution in [1.29, 1.82) is 0 Å². The molecule has 0 heterocycles. The molecule has 0 spiro atoms. The summed E-state index contributed by atoms with van der Waals surface area (Å²) in [6.07, 6.45) is -4.00. The maximum Gasteiger partial charge on any atom is 0.416 e. The van der Waals surface area contributed by atoms with E-state index < -0.39 is 23.3 Å². The first-order valence-corrected chi connectivity index (χ1v) is 3.89. The number of rotatable bonds is 3. The third-order valence-corrected chi connectivity index (χ3v) is 1.62. The van der Waals surface area contributed by atoms with Gasteiger partial charge in [-0.2, -0.15) is 13.2 Å². The summed E-state index contributed by atoms with van der Waals surface area (Å²) in [6, 6.07) is 0. The van der Waals surface area contributed by atoms with E-state index in [1.165, 1.54) is 6.92 Å². The second-order valence-electron chi connectivity index (χ2n) is 2.44. The van der Waals surface area contributed by atoms with Crippen LogP contribution in [0.3, 0.4) is 0 Å². The van der Waals surface area contributed by atoms with E-state index in [1.54, 1.807) is 0 Å². The minimum Gasteiger partial charge on any atom is -0.466 e. The molecule has 2 nitrogen and oxygen atoms in total. The number of allylic oxidation sites excluding steroid dienone is 2. The van der Waals surface area contributed by atoms with Crippen molar-refractivity contribution in [1.82, 2.24) is 0 Å². The number of halogens is 3. The minimum absolute atomic E-state index is 0.0481. The lowest BCUT2D eigenvalue weighted by molar-refractivity contribution is -0.137. The second kappa shape index (κ2) is 4.83. The molecule has 0 bridgehead atoms. The summed E-state index contributed by atoms with van der Waals surface area (Å²) in [5.74, 6) is -0.972. The van der Waals surface area contributed by atoms with Crippen LogP contribution in [0.4, 0.5) is 13.2 Å². The first-order valence-electron chi connectivity index (χ1n) is 3.89. The maximum atomic E-state index is 12.3. The van der Waals surface area contributed by atoms with Gasteiger partial charge in [0.2, 0.25) is 0 Å². The smallest absolute Gasteiger partial charge is 0.416 e. The first kappa shape index (κ1) is 12.7. The SMILES string of the molecule is C=C/C(=C(\CC)C(=O)OC)C(F)(F)F. The highest BCUT2D eigenvalue weighted by molar-refractivity contribution is 5.90. The zero-order valence-corrected chi connectivity index (χ0v) is 7.94. The van der Waals surface area contributed by atoms with Crippen LogP contribution < -0.4 is 0 Å². The molecule has 0 atom stereocenters. The van der Waals surface area contributed by atoms with Crippen LogP contribution in [-0.2, 0) is 9.53 Å². The number of alkyl halides is 3. The highest BCUT2D eigenvalue weighted by Gasteiger charge is 2.35. The first-order chi connectivity index (χ1) is 6.38. The Labute approximate surface area is 80.1 Å². The summed E-state index contributed by atoms with van der Waals surface area (Å²) in [5.41, 5.74) is -1.44. The van der Waals surface area contributed by atoms with Crippen molar-refractivity contribution in [2.24, 2.45) is 0 Å². The van der Waals surface area contributed by atoms with Gasteiger partial charge in [0.1, 0.15) is 0 Å². The molecule has 0 saturated carbocycles. The molecule has 0 fully saturated rings. The number of ether oxygens (including phenoxy) is 1. The molecule has 0 rings (SSSR count). The molecule has 0 aromatic heterocycles. The summed E-state index contributed by atoms with van der Waals surface area (Å²) in [4.78, 5) is 11.0. The number of carbonyl (C=O) groups excluding carboxylic acids is 1. The molecule has 0 radical (unpaired) electrons. The Hall–Kier alpha value is -1.26. The quantitative estimate of drug-likeness (QED) is 0.405. The van der Waals surface area contributed by atoms with Crippen LogP contribution in [0.25, 0.3) is 0 Å². The molecule has 0 aromatic rings. The van der Waals surface area contributed by atoms with Crippen molar-refractivity contribution >= 4 is 5.97 Å². The van der Waals surface area contributed by atoms with E-state index in [9.17, 15) is 18.0 Å². The Morgan fingerprint density at radius 3 is 2.21 bits per heavy atom. The molecule has 0 aliphatic heterocycles. The van der Waals surface area contributed by atoms with Gasteiger partial charge >= 0.3 is 12.1 Å². The predicted molar refractivity (Wildman–Crippen MR) is 45.6 cm³/mol. The average Bonchev–Trinajstić information content (AvgIpc) is 2.10. The van der Waals surface area contributed by atoms with Crippen LogP contribution in [0.15, 0.2) is 23.8 Å². The van der Waals surface area contributed by atoms with Crippen molar-refractivity contribution < 1.29 is 22.7 Å². The van der Waals surface area contributed by atoms with E-state index in [4.69, 9.17) is 0 Å². The monoisotopic (exact) mass is 208 g/mol. The highest BCUT2D eigenvalue weighted by Crippen LogP contribution is 2.30. The normalized spacial score (nSPS) is 13.2. The van der Waals surface area contributed by atoms with Crippen molar-refractivity contribution in [2.75, 3.05) is 7.11 Å². The zero-order valence-electron chi connectivity index (χ0n) is 7.94. The Balaban J connectivity index is 5.34. The summed E-state index contributed by atoms with van der Waals surface area (Å²) >= 11 is 0. The van der Waals surface area contributed by atoms with Gasteiger partial charge in [0.15, 0.2) is 0 Å². The summed E-state index contributed by atoms with van der Waals surface area (Å²) in [6.45, 7) is 4.47. The molecule has 80 valence electrons. The third-order valence-electron chi connectivity index (χ3n) is 1.62. The number of hydrogen-bond acceptors (Lipinski definition) is 2. The predicted octanol–water partition coefficient (Wildman–Crippen LogP) is 2.61. The Morgan fingerprint density at radius 2 is 2.00 bits per heavy atom. The van der Waals surface area contributed by atoms with Crippen LogP contribution in [0.5, 0.6) is 0 Å². The number of carbonyl (C=O) groups is 1. The van der Waals surface area contributed by atoms with Crippen molar-refractivity contribution in [2.45, 2.75) is 19.5 Å². The fourth-order valence-corrected chi connectivity index (χ4v) is 0.978. The molecule has 5 heteroatoms. The lowest BCUT2D eigenvalue weighted by atomic mass is 10.1. The van der Waals surface area contributed by atoms with Crippen LogP contribution in [0, 0.1) is 0 Å². The summed E-state index contributed by atoms with van der Waals surface area (Å²) < 4.78 is 41.2. The van der Waals surface area contributed by atoms with E-state index in [1.807, 2.05) is 0 Å². The molecular weight excluding hydrogens is 197 g/mol. The van der Waals surface area contributed by atoms with Gasteiger partial charge < -0.3 is 4.74 Å². The number of hydrogen-bond donors (Lipinski definition) is 0. The highest BCUT2D eigenvalue weighted by atomic mass is 19.4. The van der Waals surface area contributed by atoms with Gasteiger partial charge in [0.05, 0.1) is 12.7 Å². The van der Waals surface area contributed by atoms with Gasteiger partial charge in [-0.05, 0) is 6.42 Å². The van der Waals surface area contributed by atoms with Gasteiger partial charge in [-0.3, -0.25) is 0 Å². The van der Waals surface area contributed by atoms with E-state index in [0.717, 1.165) is 7.11 Å². The second-order valence-corrected chi connectivity index (χ2v) is 2.44. The van der Waals surface area contributed by atoms with E-state index in [-0.39, 0.29) is 6.42 Å². The lowest BCUT2D eigenvalue weighted by Crippen LogP contribution is -2.17. The minimum atomic E-state index is -4.57. The van der Waals surface area contributed by atoms with Crippen molar-refractivity contribution in [3.05, 3.63) is 23.8 Å². The lowest BCUT2D eigenvalue weighted by Gasteiger charge is -2.12. The molecule has 0 aliphatic rings. The largest absolute Gasteiger partial charge is 0.466 e. The third kappa shape index (κ3) is 2.90. The topological polar surface area (TPSA) is 26.3 Å². The Kier molecular flexibility index (Phi) is 4.40. The van der Waals surface area contributed by atoms with Crippen molar-refractivity contribution in [3.63, 3.8) is 0 Å². The average molecular weight is 208 g/mol. The van der Waals surface area contributed by atoms with Gasteiger partial charge in [-0.25, -0.2) is 4.79 Å². The van der Waals surface area contributed by atoms with E-state index >= 15 is 0 Å². The number of methoxy groups -OCH3 is 1. The van der Waals surface area contributed by atoms with Crippen molar-refractivity contribution in [3.8, 4) is 0 Å². The summed E-state index contributed by atoms with van der Waals surface area (Å²) in [7, 11) is 1.04. The standard InChI is InChI=1S/C9H11F3O2/c1-4-6(8(13)14-3)7(5-2)9(10,11)12/h5H,2,4H2,1,3H3/b7-6-. The van der Waals surface area contributed by atoms with E-state index in [0.29, 0.717) is 6.08 Å². The van der Waals surface area contributed by atoms with Gasteiger partial charge in [-0.15, -0.1) is 0 Å². The summed E-state index contributed by atoms with van der Waals surface area (Å²) in [5, 5.41) is 0. The Bertz CT molecular complexity index is 264. The molecule has 0 amide bonds. The Morgan fingerprint density at radius 1 is 1.50 bits per heavy atom. The van der Waals surface area contributed by atoms with E-state index in [2.05, 4.69) is 11.3 Å². The molecule has 0 saturated heterocycles. The molecule has 0 aliphatic carbocycles. The van der Waals surface area contributed by atoms with Gasteiger partial charge in [-0.1, -0.05) is 19.6 Å². The van der Waals surface area contributed by atoms with Crippen LogP contribution in [-0.4, -0.2) is 19.3 Å². The fraction of sp³-hybridized carbons (Fsp3) is 0.444. The van der Waals surface area contributed by atoms with Crippen LogP contribution in [0.1, 0.15) is 13.3 Å². The molecular formula is C9H11F3O2. The zero-order chi connectivity index (χ0) is 11.4. The molecule has 0 unspecified atom stereocenters. The molecule has 0 aromatic carbocycles. The van der Waals surface area contributed by atoms with Gasteiger partial charge in [0, 0.05) is 5.57 Å². The maximum absolute atomic E-state index is 12.3. The fourth-order valence-electron chi connectivity index (χ4n) is 0.978.